The molecule has 4 aromatic rings. The lowest BCUT2D eigenvalue weighted by Crippen LogP contribution is -2.27. The quantitative estimate of drug-likeness (QED) is 0.408. The number of hydrogen-bond acceptors (Lipinski definition) is 5. The van der Waals surface area contributed by atoms with E-state index in [1.165, 1.54) is 11.8 Å². The molecule has 1 fully saturated rings. The normalized spacial score (nSPS) is 14.2. The van der Waals surface area contributed by atoms with Crippen molar-refractivity contribution in [1.29, 1.82) is 0 Å². The van der Waals surface area contributed by atoms with E-state index in [4.69, 9.17) is 0 Å². The Morgan fingerprint density at radius 3 is 2.26 bits per heavy atom. The third-order valence-corrected chi connectivity index (χ3v) is 7.11. The van der Waals surface area contributed by atoms with Crippen LogP contribution in [0.4, 0.5) is 5.69 Å². The number of hydrogen-bond donors (Lipinski definition) is 1. The molecule has 0 radical (unpaired) electrons. The summed E-state index contributed by atoms with van der Waals surface area (Å²) in [5, 5.41) is 11.9. The molecule has 9 heteroatoms. The van der Waals surface area contributed by atoms with Gasteiger partial charge in [-0.15, -0.1) is 10.2 Å². The van der Waals surface area contributed by atoms with E-state index >= 15 is 0 Å². The molecule has 1 atom stereocenters. The number of benzene rings is 2. The molecule has 174 valence electrons. The van der Waals surface area contributed by atoms with Crippen LogP contribution in [0.5, 0.6) is 0 Å². The molecule has 2 aromatic carbocycles. The summed E-state index contributed by atoms with van der Waals surface area (Å²) in [6, 6.07) is 19.3. The Morgan fingerprint density at radius 1 is 1.03 bits per heavy atom. The van der Waals surface area contributed by atoms with Crippen molar-refractivity contribution in [2.24, 2.45) is 7.05 Å². The minimum absolute atomic E-state index is 0.258. The topological polar surface area (TPSA) is 86.7 Å². The van der Waals surface area contributed by atoms with Crippen molar-refractivity contribution in [1.82, 2.24) is 24.1 Å². The molecule has 1 aliphatic carbocycles. The fourth-order valence-electron chi connectivity index (χ4n) is 3.93. The molecular formula is C25H26N6O2S. The van der Waals surface area contributed by atoms with Crippen molar-refractivity contribution < 1.29 is 4.79 Å². The Kier molecular flexibility index (Phi) is 5.87. The maximum Gasteiger partial charge on any atom is 0.295 e. The fraction of sp³-hybridized carbons (Fsp3) is 0.280. The van der Waals surface area contributed by atoms with Gasteiger partial charge in [-0.2, -0.15) is 0 Å². The molecule has 0 unspecified atom stereocenters. The predicted molar refractivity (Wildman–Crippen MR) is 133 cm³/mol. The first-order chi connectivity index (χ1) is 16.5. The molecule has 1 N–H and O–H groups in total. The minimum Gasteiger partial charge on any atom is -0.319 e. The smallest absolute Gasteiger partial charge is 0.295 e. The number of para-hydroxylation sites is 2. The van der Waals surface area contributed by atoms with Gasteiger partial charge >= 0.3 is 0 Å². The summed E-state index contributed by atoms with van der Waals surface area (Å²) in [6.45, 7) is 3.64. The third kappa shape index (κ3) is 4.07. The number of carbonyl (C=O) groups excluding carboxylic acids is 1. The van der Waals surface area contributed by atoms with Gasteiger partial charge in [0.25, 0.3) is 5.56 Å². The van der Waals surface area contributed by atoms with Crippen LogP contribution in [0.3, 0.4) is 0 Å². The molecule has 1 amide bonds. The summed E-state index contributed by atoms with van der Waals surface area (Å²) in [5.41, 5.74) is 2.42. The first kappa shape index (κ1) is 22.2. The second-order valence-electron chi connectivity index (χ2n) is 8.47. The van der Waals surface area contributed by atoms with Gasteiger partial charge in [0.1, 0.15) is 11.5 Å². The second-order valence-corrected chi connectivity index (χ2v) is 9.78. The van der Waals surface area contributed by atoms with E-state index < -0.39 is 5.25 Å². The Hall–Kier alpha value is -3.59. The Morgan fingerprint density at radius 2 is 1.65 bits per heavy atom. The van der Waals surface area contributed by atoms with Gasteiger partial charge in [0.15, 0.2) is 5.16 Å². The molecule has 1 aliphatic rings. The van der Waals surface area contributed by atoms with Crippen molar-refractivity contribution >= 4 is 23.4 Å². The number of rotatable bonds is 7. The van der Waals surface area contributed by atoms with Gasteiger partial charge in [-0.25, -0.2) is 4.68 Å². The van der Waals surface area contributed by atoms with Crippen molar-refractivity contribution in [3.63, 3.8) is 0 Å². The Bertz CT molecular complexity index is 1390. The molecule has 0 saturated heterocycles. The number of nitrogens with zero attached hydrogens (tertiary/aromatic N) is 5. The van der Waals surface area contributed by atoms with Crippen LogP contribution in [-0.2, 0) is 11.8 Å². The molecular weight excluding hydrogens is 448 g/mol. The molecule has 0 bridgehead atoms. The minimum atomic E-state index is -0.483. The summed E-state index contributed by atoms with van der Waals surface area (Å²) in [5.74, 6) is 1.09. The predicted octanol–water partition coefficient (Wildman–Crippen LogP) is 4.06. The van der Waals surface area contributed by atoms with E-state index in [-0.39, 0.29) is 17.2 Å². The van der Waals surface area contributed by atoms with Crippen LogP contribution in [0, 0.1) is 6.92 Å². The van der Waals surface area contributed by atoms with Gasteiger partial charge in [0.2, 0.25) is 5.91 Å². The Balaban J connectivity index is 1.39. The first-order valence-corrected chi connectivity index (χ1v) is 12.2. The standard InChI is InChI=1S/C25H26N6O2S/c1-16-21(24(33)31(29(16)3)20-12-8-5-9-13-20)26-23(32)17(2)34-25-28-27-22(18-14-15-18)30(25)19-10-6-4-7-11-19/h4-13,17-18H,14-15H2,1-3H3,(H,26,32)/t17-/m0/s1. The monoisotopic (exact) mass is 474 g/mol. The average Bonchev–Trinajstić information content (AvgIpc) is 3.58. The van der Waals surface area contributed by atoms with E-state index in [0.717, 1.165) is 30.0 Å². The molecule has 0 spiro atoms. The van der Waals surface area contributed by atoms with Crippen molar-refractivity contribution in [3.8, 4) is 11.4 Å². The van der Waals surface area contributed by atoms with Gasteiger partial charge in [0.05, 0.1) is 16.6 Å². The zero-order valence-corrected chi connectivity index (χ0v) is 20.1. The van der Waals surface area contributed by atoms with Crippen LogP contribution in [0.1, 0.15) is 37.2 Å². The zero-order valence-electron chi connectivity index (χ0n) is 19.3. The van der Waals surface area contributed by atoms with Gasteiger partial charge in [-0.05, 0) is 51.0 Å². The van der Waals surface area contributed by atoms with Crippen LogP contribution in [0.25, 0.3) is 11.4 Å². The number of thioether (sulfide) groups is 1. The number of anilines is 1. The molecule has 2 heterocycles. The van der Waals surface area contributed by atoms with Crippen LogP contribution in [0.2, 0.25) is 0 Å². The number of carbonyl (C=O) groups is 1. The highest BCUT2D eigenvalue weighted by atomic mass is 32.2. The highest BCUT2D eigenvalue weighted by Gasteiger charge is 2.32. The van der Waals surface area contributed by atoms with E-state index in [1.807, 2.05) is 79.1 Å². The highest BCUT2D eigenvalue weighted by Crippen LogP contribution is 2.41. The maximum absolute atomic E-state index is 13.1. The lowest BCUT2D eigenvalue weighted by atomic mass is 10.3. The summed E-state index contributed by atoms with van der Waals surface area (Å²) < 4.78 is 5.35. The lowest BCUT2D eigenvalue weighted by molar-refractivity contribution is -0.115. The number of aromatic nitrogens is 5. The summed E-state index contributed by atoms with van der Waals surface area (Å²) in [6.07, 6.45) is 2.21. The van der Waals surface area contributed by atoms with Crippen LogP contribution < -0.4 is 10.9 Å². The molecule has 2 aromatic heterocycles. The van der Waals surface area contributed by atoms with E-state index in [9.17, 15) is 9.59 Å². The molecule has 1 saturated carbocycles. The lowest BCUT2D eigenvalue weighted by Gasteiger charge is -2.13. The van der Waals surface area contributed by atoms with Gasteiger partial charge < -0.3 is 5.32 Å². The third-order valence-electron chi connectivity index (χ3n) is 6.07. The highest BCUT2D eigenvalue weighted by molar-refractivity contribution is 8.00. The Labute approximate surface area is 201 Å². The van der Waals surface area contributed by atoms with Gasteiger partial charge in [-0.1, -0.05) is 48.2 Å². The molecule has 5 rings (SSSR count). The molecule has 0 aliphatic heterocycles. The average molecular weight is 475 g/mol. The molecule has 8 nitrogen and oxygen atoms in total. The number of nitrogens with one attached hydrogen (secondary N) is 1. The van der Waals surface area contributed by atoms with E-state index in [2.05, 4.69) is 15.5 Å². The first-order valence-electron chi connectivity index (χ1n) is 11.3. The van der Waals surface area contributed by atoms with Crippen LogP contribution in [-0.4, -0.2) is 35.3 Å². The van der Waals surface area contributed by atoms with Gasteiger partial charge in [0, 0.05) is 18.7 Å². The summed E-state index contributed by atoms with van der Waals surface area (Å²) in [7, 11) is 1.80. The maximum atomic E-state index is 13.1. The van der Waals surface area contributed by atoms with Crippen LogP contribution >= 0.6 is 11.8 Å². The van der Waals surface area contributed by atoms with Crippen molar-refractivity contribution in [2.45, 2.75) is 43.0 Å². The summed E-state index contributed by atoms with van der Waals surface area (Å²) in [4.78, 5) is 26.3. The second kappa shape index (κ2) is 8.98. The zero-order chi connectivity index (χ0) is 23.8. The van der Waals surface area contributed by atoms with E-state index in [0.29, 0.717) is 16.8 Å². The van der Waals surface area contributed by atoms with Crippen molar-refractivity contribution in [3.05, 3.63) is 82.5 Å². The number of amides is 1. The van der Waals surface area contributed by atoms with Gasteiger partial charge in [-0.3, -0.25) is 18.8 Å². The van der Waals surface area contributed by atoms with Crippen LogP contribution in [0.15, 0.2) is 70.6 Å². The SMILES string of the molecule is Cc1c(NC(=O)[C@H](C)Sc2nnc(C3CC3)n2-c2ccccc2)c(=O)n(-c2ccccc2)n1C. The summed E-state index contributed by atoms with van der Waals surface area (Å²) >= 11 is 1.34. The fourth-order valence-corrected chi connectivity index (χ4v) is 4.81. The largest absolute Gasteiger partial charge is 0.319 e. The van der Waals surface area contributed by atoms with Crippen molar-refractivity contribution in [2.75, 3.05) is 5.32 Å². The van der Waals surface area contributed by atoms with E-state index in [1.54, 1.807) is 16.4 Å². The molecule has 34 heavy (non-hydrogen) atoms.